The average molecular weight is 241 g/mol. The maximum atomic E-state index is 13.1. The van der Waals surface area contributed by atoms with Gasteiger partial charge in [-0.25, -0.2) is 4.39 Å². The summed E-state index contributed by atoms with van der Waals surface area (Å²) in [6, 6.07) is 3.85. The fourth-order valence-electron chi connectivity index (χ4n) is 1.22. The van der Waals surface area contributed by atoms with E-state index >= 15 is 0 Å². The molecule has 0 fully saturated rings. The van der Waals surface area contributed by atoms with Crippen molar-refractivity contribution in [3.8, 4) is 5.75 Å². The number of nitrogens with one attached hydrogen (secondary N) is 1. The number of methoxy groups -OCH3 is 1. The minimum atomic E-state index is -0.724. The van der Waals surface area contributed by atoms with Crippen molar-refractivity contribution in [3.05, 3.63) is 29.6 Å². The molecule has 0 radical (unpaired) electrons. The van der Waals surface area contributed by atoms with Crippen molar-refractivity contribution in [2.24, 2.45) is 0 Å². The first-order chi connectivity index (χ1) is 7.89. The Kier molecular flexibility index (Phi) is 4.07. The molecule has 1 rings (SSSR count). The van der Waals surface area contributed by atoms with E-state index in [1.807, 2.05) is 0 Å². The Morgan fingerprint density at radius 1 is 1.53 bits per heavy atom. The third-order valence-electron chi connectivity index (χ3n) is 2.26. The summed E-state index contributed by atoms with van der Waals surface area (Å²) in [6.07, 6.45) is 0. The first-order valence-corrected chi connectivity index (χ1v) is 5.16. The van der Waals surface area contributed by atoms with E-state index in [0.717, 1.165) is 0 Å². The highest BCUT2D eigenvalue weighted by molar-refractivity contribution is 5.95. The van der Waals surface area contributed by atoms with E-state index in [1.54, 1.807) is 13.8 Å². The molecule has 0 aromatic heterocycles. The Morgan fingerprint density at radius 2 is 2.18 bits per heavy atom. The normalized spacial score (nSPS) is 11.1. The summed E-state index contributed by atoms with van der Waals surface area (Å²) in [5.74, 6) is -0.896. The minimum Gasteiger partial charge on any atom is -0.494 e. The number of hydrogen-bond acceptors (Lipinski definition) is 3. The van der Waals surface area contributed by atoms with Gasteiger partial charge in [0.25, 0.3) is 5.91 Å². The van der Waals surface area contributed by atoms with Crippen LogP contribution in [-0.4, -0.2) is 30.3 Å². The zero-order valence-corrected chi connectivity index (χ0v) is 10.1. The van der Waals surface area contributed by atoms with Crippen molar-refractivity contribution < 1.29 is 19.0 Å². The van der Waals surface area contributed by atoms with E-state index in [4.69, 9.17) is 9.84 Å². The van der Waals surface area contributed by atoms with Crippen molar-refractivity contribution >= 4 is 5.91 Å². The van der Waals surface area contributed by atoms with Gasteiger partial charge in [0.15, 0.2) is 11.6 Å². The zero-order chi connectivity index (χ0) is 13.1. The number of halogens is 1. The van der Waals surface area contributed by atoms with E-state index in [1.165, 1.54) is 25.3 Å². The molecule has 0 atom stereocenters. The lowest BCUT2D eigenvalue weighted by Crippen LogP contribution is -2.46. The summed E-state index contributed by atoms with van der Waals surface area (Å²) < 4.78 is 17.9. The van der Waals surface area contributed by atoms with Crippen LogP contribution in [0.5, 0.6) is 5.75 Å². The van der Waals surface area contributed by atoms with Crippen LogP contribution in [0.1, 0.15) is 24.2 Å². The van der Waals surface area contributed by atoms with Crippen molar-refractivity contribution in [1.29, 1.82) is 0 Å². The second-order valence-corrected chi connectivity index (χ2v) is 4.35. The van der Waals surface area contributed by atoms with Crippen molar-refractivity contribution in [2.45, 2.75) is 19.4 Å². The number of ether oxygens (including phenoxy) is 1. The summed E-state index contributed by atoms with van der Waals surface area (Å²) in [5, 5.41) is 11.7. The molecule has 5 heteroatoms. The van der Waals surface area contributed by atoms with Gasteiger partial charge in [-0.1, -0.05) is 0 Å². The highest BCUT2D eigenvalue weighted by Crippen LogP contribution is 2.18. The van der Waals surface area contributed by atoms with Gasteiger partial charge in [0.1, 0.15) is 0 Å². The van der Waals surface area contributed by atoms with Gasteiger partial charge in [-0.15, -0.1) is 0 Å². The first kappa shape index (κ1) is 13.4. The van der Waals surface area contributed by atoms with Crippen LogP contribution < -0.4 is 10.1 Å². The Hall–Kier alpha value is -1.62. The molecule has 0 saturated carbocycles. The van der Waals surface area contributed by atoms with Crippen LogP contribution >= 0.6 is 0 Å². The molecule has 0 aliphatic heterocycles. The Bertz CT molecular complexity index is 418. The van der Waals surface area contributed by atoms with Crippen molar-refractivity contribution in [3.63, 3.8) is 0 Å². The number of aliphatic hydroxyl groups is 1. The van der Waals surface area contributed by atoms with Gasteiger partial charge in [-0.2, -0.15) is 0 Å². The highest BCUT2D eigenvalue weighted by atomic mass is 19.1. The smallest absolute Gasteiger partial charge is 0.251 e. The molecular formula is C12H16FNO3. The Labute approximate surface area is 99.4 Å². The molecule has 1 aromatic carbocycles. The van der Waals surface area contributed by atoms with E-state index in [2.05, 4.69) is 5.32 Å². The van der Waals surface area contributed by atoms with E-state index in [0.29, 0.717) is 0 Å². The van der Waals surface area contributed by atoms with Gasteiger partial charge in [0.05, 0.1) is 19.3 Å². The second-order valence-electron chi connectivity index (χ2n) is 4.35. The zero-order valence-electron chi connectivity index (χ0n) is 10.1. The molecule has 0 heterocycles. The maximum Gasteiger partial charge on any atom is 0.251 e. The molecule has 4 nitrogen and oxygen atoms in total. The predicted molar refractivity (Wildman–Crippen MR) is 61.6 cm³/mol. The topological polar surface area (TPSA) is 58.6 Å². The maximum absolute atomic E-state index is 13.1. The molecule has 17 heavy (non-hydrogen) atoms. The molecule has 0 aliphatic carbocycles. The number of amides is 1. The standard InChI is InChI=1S/C12H16FNO3/c1-12(2,7-15)14-11(16)8-4-5-9(13)10(6-8)17-3/h4-6,15H,7H2,1-3H3,(H,14,16). The van der Waals surface area contributed by atoms with Crippen LogP contribution in [0.2, 0.25) is 0 Å². The monoisotopic (exact) mass is 241 g/mol. The average Bonchev–Trinajstić information content (AvgIpc) is 2.29. The number of carbonyl (C=O) groups is 1. The predicted octanol–water partition coefficient (Wildman–Crippen LogP) is 1.33. The number of benzene rings is 1. The van der Waals surface area contributed by atoms with E-state index < -0.39 is 11.4 Å². The quantitative estimate of drug-likeness (QED) is 0.836. The summed E-state index contributed by atoms with van der Waals surface area (Å²) in [5.41, 5.74) is -0.441. The van der Waals surface area contributed by atoms with Gasteiger partial charge < -0.3 is 15.2 Å². The molecule has 0 spiro atoms. The fraction of sp³-hybridized carbons (Fsp3) is 0.417. The van der Waals surface area contributed by atoms with Crippen LogP contribution in [0.15, 0.2) is 18.2 Å². The van der Waals surface area contributed by atoms with Crippen molar-refractivity contribution in [1.82, 2.24) is 5.32 Å². The van der Waals surface area contributed by atoms with Crippen LogP contribution in [0.3, 0.4) is 0 Å². The third-order valence-corrected chi connectivity index (χ3v) is 2.26. The largest absolute Gasteiger partial charge is 0.494 e. The van der Waals surface area contributed by atoms with E-state index in [9.17, 15) is 9.18 Å². The summed E-state index contributed by atoms with van der Waals surface area (Å²) in [4.78, 5) is 11.8. The molecule has 1 amide bonds. The summed E-state index contributed by atoms with van der Waals surface area (Å²) in [7, 11) is 1.33. The minimum absolute atomic E-state index is 0.0134. The lowest BCUT2D eigenvalue weighted by molar-refractivity contribution is 0.0869. The molecule has 0 saturated heterocycles. The van der Waals surface area contributed by atoms with Crippen LogP contribution in [0.4, 0.5) is 4.39 Å². The number of hydrogen-bond donors (Lipinski definition) is 2. The van der Waals surface area contributed by atoms with Gasteiger partial charge in [0.2, 0.25) is 0 Å². The SMILES string of the molecule is COc1cc(C(=O)NC(C)(C)CO)ccc1F. The van der Waals surface area contributed by atoms with Crippen LogP contribution in [-0.2, 0) is 0 Å². The van der Waals surface area contributed by atoms with Gasteiger partial charge in [-0.3, -0.25) is 4.79 Å². The van der Waals surface area contributed by atoms with Crippen LogP contribution in [0, 0.1) is 5.82 Å². The lowest BCUT2D eigenvalue weighted by atomic mass is 10.1. The molecule has 0 aliphatic rings. The lowest BCUT2D eigenvalue weighted by Gasteiger charge is -2.23. The van der Waals surface area contributed by atoms with Crippen LogP contribution in [0.25, 0.3) is 0 Å². The van der Waals surface area contributed by atoms with Crippen molar-refractivity contribution in [2.75, 3.05) is 13.7 Å². The molecule has 94 valence electrons. The van der Waals surface area contributed by atoms with E-state index in [-0.39, 0.29) is 23.8 Å². The van der Waals surface area contributed by atoms with Gasteiger partial charge in [0, 0.05) is 5.56 Å². The number of carbonyl (C=O) groups excluding carboxylic acids is 1. The summed E-state index contributed by atoms with van der Waals surface area (Å²) >= 11 is 0. The Morgan fingerprint density at radius 3 is 2.71 bits per heavy atom. The molecule has 0 unspecified atom stereocenters. The third kappa shape index (κ3) is 3.42. The molecule has 2 N–H and O–H groups in total. The van der Waals surface area contributed by atoms with Gasteiger partial charge >= 0.3 is 0 Å². The second kappa shape index (κ2) is 5.14. The highest BCUT2D eigenvalue weighted by Gasteiger charge is 2.20. The number of aliphatic hydroxyl groups excluding tert-OH is 1. The van der Waals surface area contributed by atoms with Gasteiger partial charge in [-0.05, 0) is 32.0 Å². The summed E-state index contributed by atoms with van der Waals surface area (Å²) in [6.45, 7) is 3.19. The molecular weight excluding hydrogens is 225 g/mol. The molecule has 0 bridgehead atoms. The molecule has 1 aromatic rings. The Balaban J connectivity index is 2.90. The fourth-order valence-corrected chi connectivity index (χ4v) is 1.22. The number of rotatable bonds is 4. The first-order valence-electron chi connectivity index (χ1n) is 5.16.